The van der Waals surface area contributed by atoms with Crippen molar-refractivity contribution in [3.63, 3.8) is 0 Å². The van der Waals surface area contributed by atoms with E-state index in [9.17, 15) is 14.7 Å². The molecule has 1 aliphatic heterocycles. The largest absolute Gasteiger partial charge is 0.388 e. The van der Waals surface area contributed by atoms with Gasteiger partial charge in [0.05, 0.1) is 24.1 Å². The fourth-order valence-electron chi connectivity index (χ4n) is 2.47. The van der Waals surface area contributed by atoms with Gasteiger partial charge in [-0.3, -0.25) is 14.6 Å². The molecule has 1 fully saturated rings. The van der Waals surface area contributed by atoms with E-state index < -0.39 is 11.5 Å². The van der Waals surface area contributed by atoms with Crippen LogP contribution >= 0.6 is 15.9 Å². The van der Waals surface area contributed by atoms with E-state index in [0.29, 0.717) is 29.4 Å². The standard InChI is InChI=1S/C13H16BrN3O3/c14-10-7-16-4-2-9(10)12(19)17-5-1-3-13(20,8-17)6-11(15)18/h2,4,7,20H,1,3,5-6,8H2,(H2,15,18). The molecule has 1 aromatic heterocycles. The van der Waals surface area contributed by atoms with Crippen molar-refractivity contribution in [2.45, 2.75) is 24.9 Å². The van der Waals surface area contributed by atoms with Gasteiger partial charge in [0.25, 0.3) is 5.91 Å². The number of piperidine rings is 1. The highest BCUT2D eigenvalue weighted by Gasteiger charge is 2.37. The third-order valence-electron chi connectivity index (χ3n) is 3.35. The average Bonchev–Trinajstić information content (AvgIpc) is 2.37. The van der Waals surface area contributed by atoms with Crippen LogP contribution < -0.4 is 5.73 Å². The minimum absolute atomic E-state index is 0.115. The predicted molar refractivity (Wildman–Crippen MR) is 75.8 cm³/mol. The van der Waals surface area contributed by atoms with E-state index in [0.717, 1.165) is 0 Å². The van der Waals surface area contributed by atoms with E-state index in [-0.39, 0.29) is 18.9 Å². The summed E-state index contributed by atoms with van der Waals surface area (Å²) in [6, 6.07) is 1.62. The number of nitrogens with two attached hydrogens (primary N) is 1. The van der Waals surface area contributed by atoms with E-state index in [1.807, 2.05) is 0 Å². The van der Waals surface area contributed by atoms with Gasteiger partial charge < -0.3 is 15.7 Å². The Morgan fingerprint density at radius 3 is 2.95 bits per heavy atom. The van der Waals surface area contributed by atoms with Gasteiger partial charge in [-0.2, -0.15) is 0 Å². The zero-order chi connectivity index (χ0) is 14.8. The van der Waals surface area contributed by atoms with Crippen molar-refractivity contribution in [1.29, 1.82) is 0 Å². The fourth-order valence-corrected chi connectivity index (χ4v) is 2.89. The number of carbonyl (C=O) groups excluding carboxylic acids is 2. The maximum atomic E-state index is 12.4. The SMILES string of the molecule is NC(=O)CC1(O)CCCN(C(=O)c2ccncc2Br)C1. The van der Waals surface area contributed by atoms with Crippen molar-refractivity contribution in [1.82, 2.24) is 9.88 Å². The number of carbonyl (C=O) groups is 2. The van der Waals surface area contributed by atoms with Crippen molar-refractivity contribution in [3.05, 3.63) is 28.5 Å². The molecule has 0 aliphatic carbocycles. The maximum Gasteiger partial charge on any atom is 0.255 e. The Balaban J connectivity index is 2.15. The topological polar surface area (TPSA) is 96.5 Å². The number of primary amides is 1. The Kier molecular flexibility index (Phi) is 4.39. The molecule has 1 atom stereocenters. The summed E-state index contributed by atoms with van der Waals surface area (Å²) >= 11 is 3.29. The molecule has 0 bridgehead atoms. The lowest BCUT2D eigenvalue weighted by molar-refractivity contribution is -0.125. The number of aromatic nitrogens is 1. The Labute approximate surface area is 125 Å². The summed E-state index contributed by atoms with van der Waals surface area (Å²) in [6.45, 7) is 0.665. The lowest BCUT2D eigenvalue weighted by Crippen LogP contribution is -2.51. The number of amides is 2. The Morgan fingerprint density at radius 2 is 2.30 bits per heavy atom. The highest BCUT2D eigenvalue weighted by molar-refractivity contribution is 9.10. The van der Waals surface area contributed by atoms with Crippen LogP contribution in [-0.2, 0) is 4.79 Å². The molecule has 2 rings (SSSR count). The van der Waals surface area contributed by atoms with Gasteiger partial charge in [0.1, 0.15) is 0 Å². The van der Waals surface area contributed by atoms with Gasteiger partial charge in [0, 0.05) is 23.4 Å². The molecule has 3 N–H and O–H groups in total. The van der Waals surface area contributed by atoms with E-state index in [4.69, 9.17) is 5.73 Å². The number of halogens is 1. The number of hydrogen-bond donors (Lipinski definition) is 2. The number of nitrogens with zero attached hydrogens (tertiary/aromatic N) is 2. The molecule has 1 unspecified atom stereocenters. The summed E-state index contributed by atoms with van der Waals surface area (Å²) in [5, 5.41) is 10.4. The van der Waals surface area contributed by atoms with E-state index in [2.05, 4.69) is 20.9 Å². The van der Waals surface area contributed by atoms with Crippen molar-refractivity contribution < 1.29 is 14.7 Å². The molecule has 20 heavy (non-hydrogen) atoms. The van der Waals surface area contributed by atoms with Crippen LogP contribution in [0.2, 0.25) is 0 Å². The minimum atomic E-state index is -1.22. The van der Waals surface area contributed by atoms with Crippen molar-refractivity contribution in [3.8, 4) is 0 Å². The van der Waals surface area contributed by atoms with Gasteiger partial charge >= 0.3 is 0 Å². The lowest BCUT2D eigenvalue weighted by Gasteiger charge is -2.38. The summed E-state index contributed by atoms with van der Waals surface area (Å²) < 4.78 is 0.606. The smallest absolute Gasteiger partial charge is 0.255 e. The number of aliphatic hydroxyl groups is 1. The molecule has 2 heterocycles. The van der Waals surface area contributed by atoms with E-state index >= 15 is 0 Å². The monoisotopic (exact) mass is 341 g/mol. The molecule has 0 spiro atoms. The van der Waals surface area contributed by atoms with Crippen LogP contribution in [0.15, 0.2) is 22.9 Å². The van der Waals surface area contributed by atoms with Gasteiger partial charge in [0.15, 0.2) is 0 Å². The normalized spacial score (nSPS) is 22.6. The second-order valence-electron chi connectivity index (χ2n) is 5.05. The summed E-state index contributed by atoms with van der Waals surface area (Å²) in [4.78, 5) is 28.9. The lowest BCUT2D eigenvalue weighted by atomic mass is 9.89. The Hall–Kier alpha value is -1.47. The highest BCUT2D eigenvalue weighted by Crippen LogP contribution is 2.26. The first-order valence-electron chi connectivity index (χ1n) is 6.31. The summed E-state index contributed by atoms with van der Waals surface area (Å²) in [5.41, 5.74) is 4.41. The summed E-state index contributed by atoms with van der Waals surface area (Å²) in [7, 11) is 0. The third kappa shape index (κ3) is 3.34. The molecule has 2 amide bonds. The minimum Gasteiger partial charge on any atom is -0.388 e. The number of rotatable bonds is 3. The average molecular weight is 342 g/mol. The van der Waals surface area contributed by atoms with Gasteiger partial charge in [-0.05, 0) is 34.8 Å². The van der Waals surface area contributed by atoms with Crippen LogP contribution in [0.4, 0.5) is 0 Å². The molecule has 0 radical (unpaired) electrons. The van der Waals surface area contributed by atoms with Crippen LogP contribution in [0.3, 0.4) is 0 Å². The number of pyridine rings is 1. The van der Waals surface area contributed by atoms with E-state index in [1.165, 1.54) is 6.20 Å². The number of likely N-dealkylation sites (tertiary alicyclic amines) is 1. The van der Waals surface area contributed by atoms with Crippen molar-refractivity contribution in [2.75, 3.05) is 13.1 Å². The molecule has 0 aromatic carbocycles. The predicted octanol–water partition coefficient (Wildman–Crippen LogP) is 0.687. The zero-order valence-corrected chi connectivity index (χ0v) is 12.5. The molecule has 1 saturated heterocycles. The second kappa shape index (κ2) is 5.88. The van der Waals surface area contributed by atoms with Gasteiger partial charge in [-0.1, -0.05) is 0 Å². The zero-order valence-electron chi connectivity index (χ0n) is 10.9. The van der Waals surface area contributed by atoms with Crippen LogP contribution in [0.5, 0.6) is 0 Å². The summed E-state index contributed by atoms with van der Waals surface area (Å²) in [5.74, 6) is -0.756. The van der Waals surface area contributed by atoms with Crippen LogP contribution in [-0.4, -0.2) is 45.5 Å². The van der Waals surface area contributed by atoms with Gasteiger partial charge in [-0.15, -0.1) is 0 Å². The van der Waals surface area contributed by atoms with Crippen LogP contribution in [0.1, 0.15) is 29.6 Å². The molecule has 7 heteroatoms. The first-order valence-corrected chi connectivity index (χ1v) is 7.10. The molecule has 0 saturated carbocycles. The fraction of sp³-hybridized carbons (Fsp3) is 0.462. The van der Waals surface area contributed by atoms with E-state index in [1.54, 1.807) is 17.2 Å². The Bertz CT molecular complexity index is 537. The first-order chi connectivity index (χ1) is 9.41. The molecule has 6 nitrogen and oxygen atoms in total. The highest BCUT2D eigenvalue weighted by atomic mass is 79.9. The summed E-state index contributed by atoms with van der Waals surface area (Å²) in [6.07, 6.45) is 4.06. The molecular weight excluding hydrogens is 326 g/mol. The first kappa shape index (κ1) is 14.9. The van der Waals surface area contributed by atoms with Crippen molar-refractivity contribution >= 4 is 27.7 Å². The van der Waals surface area contributed by atoms with Gasteiger partial charge in [-0.25, -0.2) is 0 Å². The third-order valence-corrected chi connectivity index (χ3v) is 3.98. The van der Waals surface area contributed by atoms with Gasteiger partial charge in [0.2, 0.25) is 5.91 Å². The molecule has 108 valence electrons. The van der Waals surface area contributed by atoms with Crippen LogP contribution in [0.25, 0.3) is 0 Å². The number of β-amino-alcohol motifs (C(OH)–C–C–N with tert-alkyl or cyclic N) is 1. The molecular formula is C13H16BrN3O3. The quantitative estimate of drug-likeness (QED) is 0.845. The molecule has 1 aromatic rings. The van der Waals surface area contributed by atoms with Crippen LogP contribution in [0, 0.1) is 0 Å². The number of hydrogen-bond acceptors (Lipinski definition) is 4. The molecule has 1 aliphatic rings. The Morgan fingerprint density at radius 1 is 1.55 bits per heavy atom. The second-order valence-corrected chi connectivity index (χ2v) is 5.91. The maximum absolute atomic E-state index is 12.4. The van der Waals surface area contributed by atoms with Crippen molar-refractivity contribution in [2.24, 2.45) is 5.73 Å².